The molecule has 4 rings (SSSR count). The summed E-state index contributed by atoms with van der Waals surface area (Å²) in [4.78, 5) is 60.9. The Bertz CT molecular complexity index is 1410. The highest BCUT2D eigenvalue weighted by atomic mass is 16.4. The zero-order valence-corrected chi connectivity index (χ0v) is 20.7. The Balaban J connectivity index is 1.38. The van der Waals surface area contributed by atoms with Crippen molar-refractivity contribution in [3.63, 3.8) is 0 Å². The summed E-state index contributed by atoms with van der Waals surface area (Å²) in [5.41, 5.74) is 1.95. The Morgan fingerprint density at radius 1 is 0.923 bits per heavy atom. The largest absolute Gasteiger partial charge is 0.480 e. The predicted molar refractivity (Wildman–Crippen MR) is 138 cm³/mol. The Morgan fingerprint density at radius 2 is 1.64 bits per heavy atom. The molecule has 0 saturated heterocycles. The van der Waals surface area contributed by atoms with Crippen molar-refractivity contribution in [3.05, 3.63) is 96.4 Å². The number of carbonyl (C=O) groups is 4. The van der Waals surface area contributed by atoms with E-state index in [9.17, 15) is 24.3 Å². The fraction of sp³-hybridized carbons (Fsp3) is 0.185. The molecular weight excluding hydrogens is 504 g/mol. The van der Waals surface area contributed by atoms with Gasteiger partial charge < -0.3 is 30.5 Å². The molecule has 2 heterocycles. The molecule has 200 valence electrons. The number of carboxylic acids is 1. The molecule has 39 heavy (non-hydrogen) atoms. The van der Waals surface area contributed by atoms with Crippen LogP contribution in [-0.2, 0) is 27.2 Å². The van der Waals surface area contributed by atoms with Gasteiger partial charge in [-0.3, -0.25) is 14.4 Å². The van der Waals surface area contributed by atoms with E-state index >= 15 is 0 Å². The van der Waals surface area contributed by atoms with Gasteiger partial charge in [0.1, 0.15) is 18.3 Å². The Labute approximate surface area is 222 Å². The van der Waals surface area contributed by atoms with Crippen molar-refractivity contribution >= 4 is 23.7 Å². The Kier molecular flexibility index (Phi) is 8.80. The van der Waals surface area contributed by atoms with E-state index in [-0.39, 0.29) is 24.4 Å². The first kappa shape index (κ1) is 26.8. The maximum absolute atomic E-state index is 13.1. The van der Waals surface area contributed by atoms with E-state index in [1.54, 1.807) is 36.4 Å². The molecule has 0 fully saturated rings. The second-order valence-electron chi connectivity index (χ2n) is 8.58. The van der Waals surface area contributed by atoms with Crippen molar-refractivity contribution in [2.75, 3.05) is 6.54 Å². The van der Waals surface area contributed by atoms with Crippen LogP contribution in [-0.4, -0.2) is 62.4 Å². The summed E-state index contributed by atoms with van der Waals surface area (Å²) >= 11 is 0. The number of aliphatic carboxylic acids is 1. The van der Waals surface area contributed by atoms with Crippen molar-refractivity contribution in [3.8, 4) is 11.5 Å². The maximum Gasteiger partial charge on any atom is 0.326 e. The molecule has 0 unspecified atom stereocenters. The molecule has 2 aromatic carbocycles. The number of aromatic amines is 1. The summed E-state index contributed by atoms with van der Waals surface area (Å²) in [6, 6.07) is 15.6. The van der Waals surface area contributed by atoms with E-state index in [1.165, 1.54) is 18.8 Å². The zero-order chi connectivity index (χ0) is 27.6. The van der Waals surface area contributed by atoms with E-state index in [1.807, 2.05) is 24.3 Å². The van der Waals surface area contributed by atoms with Crippen molar-refractivity contribution in [2.24, 2.45) is 0 Å². The number of H-pyrrole nitrogens is 1. The molecule has 0 aliphatic heterocycles. The van der Waals surface area contributed by atoms with Gasteiger partial charge in [0.2, 0.25) is 17.7 Å². The average molecular weight is 531 g/mol. The molecule has 12 nitrogen and oxygen atoms in total. The minimum absolute atomic E-state index is 0.0108. The first-order valence-electron chi connectivity index (χ1n) is 12.0. The van der Waals surface area contributed by atoms with Gasteiger partial charge >= 0.3 is 5.97 Å². The summed E-state index contributed by atoms with van der Waals surface area (Å²) in [6.45, 7) is -0.443. The van der Waals surface area contributed by atoms with E-state index < -0.39 is 42.3 Å². The molecule has 0 saturated carbocycles. The third-order valence-electron chi connectivity index (χ3n) is 5.69. The van der Waals surface area contributed by atoms with Crippen LogP contribution < -0.4 is 16.0 Å². The van der Waals surface area contributed by atoms with Crippen LogP contribution in [0.25, 0.3) is 11.5 Å². The SMILES string of the molecule is O=C(CNC(=O)c1coc(-c2ccccc2)n1)N[C@@H](Cc1ccccc1)C(=O)N[C@@H](Cc1cnc[nH]1)C(=O)O. The van der Waals surface area contributed by atoms with E-state index in [0.29, 0.717) is 11.3 Å². The van der Waals surface area contributed by atoms with Gasteiger partial charge in [0, 0.05) is 30.3 Å². The number of oxazole rings is 1. The van der Waals surface area contributed by atoms with Gasteiger partial charge in [0.25, 0.3) is 5.91 Å². The van der Waals surface area contributed by atoms with Gasteiger partial charge in [0.15, 0.2) is 5.69 Å². The standard InChI is InChI=1S/C27H26N6O6/c34-23(14-29-24(35)22-15-39-26(33-22)18-9-5-2-6-10-18)31-20(11-17-7-3-1-4-8-17)25(36)32-21(27(37)38)12-19-13-28-16-30-19/h1-10,13,15-16,20-21H,11-12,14H2,(H,28,30)(H,29,35)(H,31,34)(H,32,36)(H,37,38)/t20-,21-/m0/s1. The summed E-state index contributed by atoms with van der Waals surface area (Å²) < 4.78 is 5.36. The third-order valence-corrected chi connectivity index (χ3v) is 5.69. The lowest BCUT2D eigenvalue weighted by atomic mass is 10.0. The second kappa shape index (κ2) is 12.8. The first-order chi connectivity index (χ1) is 18.9. The van der Waals surface area contributed by atoms with Crippen LogP contribution in [0.5, 0.6) is 0 Å². The highest BCUT2D eigenvalue weighted by molar-refractivity contribution is 5.96. The normalized spacial score (nSPS) is 12.2. The van der Waals surface area contributed by atoms with Crippen LogP contribution in [0, 0.1) is 0 Å². The molecule has 12 heteroatoms. The summed E-state index contributed by atoms with van der Waals surface area (Å²) in [7, 11) is 0. The van der Waals surface area contributed by atoms with E-state index in [2.05, 4.69) is 30.9 Å². The molecule has 0 aliphatic carbocycles. The second-order valence-corrected chi connectivity index (χ2v) is 8.58. The third kappa shape index (κ3) is 7.61. The van der Waals surface area contributed by atoms with E-state index in [0.717, 1.165) is 5.56 Å². The van der Waals surface area contributed by atoms with Crippen LogP contribution >= 0.6 is 0 Å². The predicted octanol–water partition coefficient (Wildman–Crippen LogP) is 1.33. The number of amides is 3. The fourth-order valence-corrected chi connectivity index (χ4v) is 3.74. The fourth-order valence-electron chi connectivity index (χ4n) is 3.74. The molecule has 0 spiro atoms. The summed E-state index contributed by atoms with van der Waals surface area (Å²) in [5, 5.41) is 17.1. The minimum atomic E-state index is -1.25. The quantitative estimate of drug-likeness (QED) is 0.182. The van der Waals surface area contributed by atoms with Gasteiger partial charge in [-0.2, -0.15) is 0 Å². The minimum Gasteiger partial charge on any atom is -0.480 e. The number of aromatic nitrogens is 3. The molecule has 0 aliphatic rings. The summed E-state index contributed by atoms with van der Waals surface area (Å²) in [6.07, 6.45) is 4.14. The smallest absolute Gasteiger partial charge is 0.326 e. The highest BCUT2D eigenvalue weighted by Crippen LogP contribution is 2.17. The molecule has 3 amide bonds. The monoisotopic (exact) mass is 530 g/mol. The van der Waals surface area contributed by atoms with Crippen molar-refractivity contribution in [2.45, 2.75) is 24.9 Å². The number of nitrogens with zero attached hydrogens (tertiary/aromatic N) is 2. The number of hydrogen-bond donors (Lipinski definition) is 5. The average Bonchev–Trinajstić information content (AvgIpc) is 3.65. The van der Waals surface area contributed by atoms with Crippen molar-refractivity contribution in [1.82, 2.24) is 30.9 Å². The maximum atomic E-state index is 13.1. The van der Waals surface area contributed by atoms with Crippen molar-refractivity contribution in [1.29, 1.82) is 0 Å². The van der Waals surface area contributed by atoms with E-state index in [4.69, 9.17) is 4.42 Å². The zero-order valence-electron chi connectivity index (χ0n) is 20.7. The molecule has 2 aromatic heterocycles. The van der Waals surface area contributed by atoms with Crippen LogP contribution in [0.15, 0.2) is 83.9 Å². The number of carbonyl (C=O) groups excluding carboxylic acids is 3. The molecule has 0 bridgehead atoms. The van der Waals surface area contributed by atoms with Crippen LogP contribution in [0.4, 0.5) is 0 Å². The number of benzene rings is 2. The van der Waals surface area contributed by atoms with Crippen LogP contribution in [0.2, 0.25) is 0 Å². The van der Waals surface area contributed by atoms with Gasteiger partial charge in [-0.25, -0.2) is 14.8 Å². The number of nitrogens with one attached hydrogen (secondary N) is 4. The summed E-state index contributed by atoms with van der Waals surface area (Å²) in [5.74, 6) is -2.95. The lowest BCUT2D eigenvalue weighted by molar-refractivity contribution is -0.142. The molecule has 0 radical (unpaired) electrons. The number of rotatable bonds is 12. The Hall–Kier alpha value is -5.26. The lowest BCUT2D eigenvalue weighted by Crippen LogP contribution is -2.54. The molecule has 4 aromatic rings. The van der Waals surface area contributed by atoms with Crippen LogP contribution in [0.1, 0.15) is 21.7 Å². The van der Waals surface area contributed by atoms with Gasteiger partial charge in [-0.1, -0.05) is 48.5 Å². The van der Waals surface area contributed by atoms with Gasteiger partial charge in [0.05, 0.1) is 12.9 Å². The lowest BCUT2D eigenvalue weighted by Gasteiger charge is -2.21. The van der Waals surface area contributed by atoms with Crippen LogP contribution in [0.3, 0.4) is 0 Å². The number of hydrogen-bond acceptors (Lipinski definition) is 7. The van der Waals surface area contributed by atoms with Crippen molar-refractivity contribution < 1.29 is 28.7 Å². The first-order valence-corrected chi connectivity index (χ1v) is 12.0. The highest BCUT2D eigenvalue weighted by Gasteiger charge is 2.27. The number of carboxylic acid groups (broad SMARTS) is 1. The van der Waals surface area contributed by atoms with Gasteiger partial charge in [-0.15, -0.1) is 0 Å². The molecule has 5 N–H and O–H groups in total. The molecule has 2 atom stereocenters. The molecular formula is C27H26N6O6. The van der Waals surface area contributed by atoms with Gasteiger partial charge in [-0.05, 0) is 17.7 Å². The Morgan fingerprint density at radius 3 is 2.31 bits per heavy atom. The topological polar surface area (TPSA) is 179 Å². The number of imidazole rings is 1.